The van der Waals surface area contributed by atoms with Crippen molar-refractivity contribution in [1.29, 1.82) is 5.26 Å². The zero-order valence-corrected chi connectivity index (χ0v) is 13.1. The quantitative estimate of drug-likeness (QED) is 0.889. The first-order valence-electron chi connectivity index (χ1n) is 7.96. The van der Waals surface area contributed by atoms with E-state index in [1.807, 2.05) is 18.2 Å². The Morgan fingerprint density at radius 3 is 2.71 bits per heavy atom. The molecule has 3 rings (SSSR count). The van der Waals surface area contributed by atoms with Crippen molar-refractivity contribution >= 4 is 0 Å². The Bertz CT molecular complexity index is 738. The fourth-order valence-electron chi connectivity index (χ4n) is 3.12. The van der Waals surface area contributed by atoms with E-state index in [0.717, 1.165) is 36.0 Å². The molecule has 3 nitrogen and oxygen atoms in total. The third-order valence-corrected chi connectivity index (χ3v) is 4.29. The summed E-state index contributed by atoms with van der Waals surface area (Å²) in [5, 5.41) is 12.3. The lowest BCUT2D eigenvalue weighted by molar-refractivity contribution is -0.0499. The molecule has 0 spiro atoms. The van der Waals surface area contributed by atoms with Crippen LogP contribution in [0, 0.1) is 11.3 Å². The number of hydrogen-bond acceptors (Lipinski definition) is 3. The highest BCUT2D eigenvalue weighted by Gasteiger charge is 2.20. The number of nitrogens with one attached hydrogen (secondary N) is 1. The lowest BCUT2D eigenvalue weighted by atomic mass is 9.87. The van der Waals surface area contributed by atoms with Crippen molar-refractivity contribution in [2.75, 3.05) is 0 Å². The van der Waals surface area contributed by atoms with Gasteiger partial charge >= 0.3 is 6.61 Å². The second-order valence-electron chi connectivity index (χ2n) is 5.87. The number of aryl methyl sites for hydroxylation is 1. The molecule has 2 aromatic rings. The molecule has 0 amide bonds. The molecule has 5 heteroatoms. The Kier molecular flexibility index (Phi) is 5.07. The Morgan fingerprint density at radius 1 is 1.21 bits per heavy atom. The van der Waals surface area contributed by atoms with Gasteiger partial charge in [-0.3, -0.25) is 0 Å². The highest BCUT2D eigenvalue weighted by atomic mass is 19.3. The number of nitrogens with zero attached hydrogens (tertiary/aromatic N) is 1. The van der Waals surface area contributed by atoms with E-state index in [2.05, 4.69) is 16.1 Å². The molecule has 2 aromatic carbocycles. The van der Waals surface area contributed by atoms with Gasteiger partial charge in [-0.05, 0) is 60.2 Å². The van der Waals surface area contributed by atoms with Gasteiger partial charge in [0.1, 0.15) is 5.75 Å². The molecule has 0 aromatic heterocycles. The largest absolute Gasteiger partial charge is 0.435 e. The molecule has 0 radical (unpaired) electrons. The predicted molar refractivity (Wildman–Crippen MR) is 86.7 cm³/mol. The first-order valence-corrected chi connectivity index (χ1v) is 7.96. The SMILES string of the molecule is N#Cc1ccc(CNC2CCCc3cc(OC(F)F)ccc32)cc1. The normalized spacial score (nSPS) is 16.5. The van der Waals surface area contributed by atoms with E-state index in [-0.39, 0.29) is 11.8 Å². The molecule has 0 saturated heterocycles. The maximum absolute atomic E-state index is 12.3. The maximum atomic E-state index is 12.3. The zero-order valence-electron chi connectivity index (χ0n) is 13.1. The Balaban J connectivity index is 1.68. The van der Waals surface area contributed by atoms with Crippen molar-refractivity contribution in [2.45, 2.75) is 38.5 Å². The van der Waals surface area contributed by atoms with Crippen molar-refractivity contribution in [1.82, 2.24) is 5.32 Å². The molecule has 0 saturated carbocycles. The van der Waals surface area contributed by atoms with E-state index in [4.69, 9.17) is 5.26 Å². The number of ether oxygens (including phenoxy) is 1. The number of benzene rings is 2. The van der Waals surface area contributed by atoms with Crippen molar-refractivity contribution in [2.24, 2.45) is 0 Å². The Labute approximate surface area is 139 Å². The molecule has 0 heterocycles. The third kappa shape index (κ3) is 3.90. The topological polar surface area (TPSA) is 45.0 Å². The minimum atomic E-state index is -2.79. The van der Waals surface area contributed by atoms with Crippen molar-refractivity contribution < 1.29 is 13.5 Å². The van der Waals surface area contributed by atoms with Crippen LogP contribution in [0.25, 0.3) is 0 Å². The van der Waals surface area contributed by atoms with Crippen molar-refractivity contribution in [3.8, 4) is 11.8 Å². The molecule has 0 fully saturated rings. The number of nitriles is 1. The van der Waals surface area contributed by atoms with Crippen LogP contribution in [0.3, 0.4) is 0 Å². The molecule has 0 bridgehead atoms. The van der Waals surface area contributed by atoms with Crippen LogP contribution >= 0.6 is 0 Å². The Hall–Kier alpha value is -2.45. The van der Waals surface area contributed by atoms with Gasteiger partial charge in [0.15, 0.2) is 0 Å². The van der Waals surface area contributed by atoms with Crippen LogP contribution in [-0.4, -0.2) is 6.61 Å². The van der Waals surface area contributed by atoms with E-state index in [1.54, 1.807) is 24.3 Å². The van der Waals surface area contributed by atoms with Crippen LogP contribution in [0.2, 0.25) is 0 Å². The molecule has 124 valence electrons. The summed E-state index contributed by atoms with van der Waals surface area (Å²) < 4.78 is 29.2. The van der Waals surface area contributed by atoms with Crippen LogP contribution in [0.5, 0.6) is 5.75 Å². The van der Waals surface area contributed by atoms with Gasteiger partial charge < -0.3 is 10.1 Å². The van der Waals surface area contributed by atoms with E-state index < -0.39 is 6.61 Å². The van der Waals surface area contributed by atoms with Gasteiger partial charge in [0.25, 0.3) is 0 Å². The Morgan fingerprint density at radius 2 is 2.00 bits per heavy atom. The molecule has 1 N–H and O–H groups in total. The number of halogens is 2. The summed E-state index contributed by atoms with van der Waals surface area (Å²) in [4.78, 5) is 0. The van der Waals surface area contributed by atoms with Crippen molar-refractivity contribution in [3.63, 3.8) is 0 Å². The number of rotatable bonds is 5. The summed E-state index contributed by atoms with van der Waals surface area (Å²) in [5.41, 5.74) is 3.97. The van der Waals surface area contributed by atoms with E-state index >= 15 is 0 Å². The molecular weight excluding hydrogens is 310 g/mol. The second-order valence-corrected chi connectivity index (χ2v) is 5.87. The number of hydrogen-bond donors (Lipinski definition) is 1. The van der Waals surface area contributed by atoms with Crippen LogP contribution < -0.4 is 10.1 Å². The monoisotopic (exact) mass is 328 g/mol. The molecular formula is C19H18F2N2O. The summed E-state index contributed by atoms with van der Waals surface area (Å²) in [6.07, 6.45) is 2.90. The summed E-state index contributed by atoms with van der Waals surface area (Å²) in [6, 6.07) is 15.0. The van der Waals surface area contributed by atoms with E-state index in [1.165, 1.54) is 0 Å². The fourth-order valence-corrected chi connectivity index (χ4v) is 3.12. The van der Waals surface area contributed by atoms with Gasteiger partial charge in [-0.1, -0.05) is 18.2 Å². The van der Waals surface area contributed by atoms with E-state index in [9.17, 15) is 8.78 Å². The highest BCUT2D eigenvalue weighted by molar-refractivity contribution is 5.39. The summed E-state index contributed by atoms with van der Waals surface area (Å²) >= 11 is 0. The fraction of sp³-hybridized carbons (Fsp3) is 0.316. The zero-order chi connectivity index (χ0) is 16.9. The minimum Gasteiger partial charge on any atom is -0.435 e. The summed E-state index contributed by atoms with van der Waals surface area (Å²) in [5.74, 6) is 0.219. The molecule has 24 heavy (non-hydrogen) atoms. The molecule has 0 aliphatic heterocycles. The van der Waals surface area contributed by atoms with Gasteiger partial charge in [-0.2, -0.15) is 14.0 Å². The molecule has 1 aliphatic carbocycles. The smallest absolute Gasteiger partial charge is 0.387 e. The number of fused-ring (bicyclic) bond motifs is 1. The van der Waals surface area contributed by atoms with Crippen LogP contribution in [-0.2, 0) is 13.0 Å². The van der Waals surface area contributed by atoms with Crippen LogP contribution in [0.4, 0.5) is 8.78 Å². The standard InChI is InChI=1S/C19H18F2N2O/c20-19(21)24-16-8-9-17-15(10-16)2-1-3-18(17)23-12-14-6-4-13(11-22)5-7-14/h4-10,18-19,23H,1-3,12H2. The minimum absolute atomic E-state index is 0.199. The van der Waals surface area contributed by atoms with Gasteiger partial charge in [-0.15, -0.1) is 0 Å². The van der Waals surface area contributed by atoms with Crippen molar-refractivity contribution in [3.05, 3.63) is 64.7 Å². The van der Waals surface area contributed by atoms with Crippen LogP contribution in [0.15, 0.2) is 42.5 Å². The average Bonchev–Trinajstić information content (AvgIpc) is 2.59. The van der Waals surface area contributed by atoms with Gasteiger partial charge in [-0.25, -0.2) is 0 Å². The summed E-state index contributed by atoms with van der Waals surface area (Å²) in [6.45, 7) is -2.09. The van der Waals surface area contributed by atoms with E-state index in [0.29, 0.717) is 12.1 Å². The van der Waals surface area contributed by atoms with Crippen LogP contribution in [0.1, 0.15) is 41.1 Å². The summed E-state index contributed by atoms with van der Waals surface area (Å²) in [7, 11) is 0. The lowest BCUT2D eigenvalue weighted by Crippen LogP contribution is -2.25. The van der Waals surface area contributed by atoms with Gasteiger partial charge in [0, 0.05) is 12.6 Å². The maximum Gasteiger partial charge on any atom is 0.387 e. The molecule has 1 unspecified atom stereocenters. The second kappa shape index (κ2) is 7.41. The average molecular weight is 328 g/mol. The number of alkyl halides is 2. The molecule has 1 atom stereocenters. The lowest BCUT2D eigenvalue weighted by Gasteiger charge is -2.27. The first-order chi connectivity index (χ1) is 11.7. The first kappa shape index (κ1) is 16.4. The molecule has 1 aliphatic rings. The van der Waals surface area contributed by atoms with Gasteiger partial charge in [0.2, 0.25) is 0 Å². The highest BCUT2D eigenvalue weighted by Crippen LogP contribution is 2.32. The predicted octanol–water partition coefficient (Wildman–Crippen LogP) is 4.33. The third-order valence-electron chi connectivity index (χ3n) is 4.29. The van der Waals surface area contributed by atoms with Gasteiger partial charge in [0.05, 0.1) is 11.6 Å².